The van der Waals surface area contributed by atoms with E-state index >= 15 is 0 Å². The van der Waals surface area contributed by atoms with Crippen LogP contribution in [0.5, 0.6) is 11.6 Å². The van der Waals surface area contributed by atoms with Gasteiger partial charge in [0.2, 0.25) is 5.88 Å². The molecule has 0 aliphatic carbocycles. The van der Waals surface area contributed by atoms with Crippen molar-refractivity contribution in [2.24, 2.45) is 5.92 Å². The molecule has 5 rings (SSSR count). The number of ether oxygens (including phenoxy) is 3. The number of nitrogens with one attached hydrogen (secondary N) is 1. The number of aryl methyl sites for hydroxylation is 1. The number of carbonyl (C=O) groups is 1. The van der Waals surface area contributed by atoms with Crippen LogP contribution in [0.1, 0.15) is 35.7 Å². The minimum Gasteiger partial charge on any atom is -0.493 e. The van der Waals surface area contributed by atoms with Crippen molar-refractivity contribution in [2.75, 3.05) is 44.1 Å². The molecule has 3 aromatic rings. The van der Waals surface area contributed by atoms with E-state index in [0.717, 1.165) is 37.2 Å². The summed E-state index contributed by atoms with van der Waals surface area (Å²) < 4.78 is 30.5. The van der Waals surface area contributed by atoms with Crippen LogP contribution in [0, 0.1) is 18.7 Å². The predicted molar refractivity (Wildman–Crippen MR) is 137 cm³/mol. The molecule has 0 saturated carbocycles. The third-order valence-corrected chi connectivity index (χ3v) is 7.39. The van der Waals surface area contributed by atoms with Gasteiger partial charge in [-0.15, -0.1) is 10.2 Å². The third-order valence-electron chi connectivity index (χ3n) is 7.39. The molecule has 1 unspecified atom stereocenters. The largest absolute Gasteiger partial charge is 0.493 e. The first-order valence-corrected chi connectivity index (χ1v) is 12.3. The summed E-state index contributed by atoms with van der Waals surface area (Å²) in [6, 6.07) is 8.50. The minimum atomic E-state index is -0.442. The Morgan fingerprint density at radius 2 is 2.11 bits per heavy atom. The van der Waals surface area contributed by atoms with Crippen LogP contribution < -0.4 is 19.7 Å². The molecule has 2 aromatic heterocycles. The maximum Gasteiger partial charge on any atom is 0.339 e. The van der Waals surface area contributed by atoms with Crippen LogP contribution in [0.25, 0.3) is 11.3 Å². The van der Waals surface area contributed by atoms with Gasteiger partial charge in [-0.1, -0.05) is 13.0 Å². The average Bonchev–Trinajstić information content (AvgIpc) is 3.31. The zero-order chi connectivity index (χ0) is 26.2. The lowest BCUT2D eigenvalue weighted by atomic mass is 9.88. The molecule has 10 heteroatoms. The molecule has 0 amide bonds. The number of pyridine rings is 1. The number of para-hydroxylation sites is 1. The Bertz CT molecular complexity index is 1340. The first kappa shape index (κ1) is 24.7. The summed E-state index contributed by atoms with van der Waals surface area (Å²) in [5.41, 5.74) is 3.11. The van der Waals surface area contributed by atoms with Gasteiger partial charge >= 0.3 is 5.97 Å². The number of methoxy groups -OCH3 is 2. The zero-order valence-electron chi connectivity index (χ0n) is 21.4. The van der Waals surface area contributed by atoms with Gasteiger partial charge in [0.15, 0.2) is 17.4 Å². The summed E-state index contributed by atoms with van der Waals surface area (Å²) in [6.07, 6.45) is 3.35. The molecular formula is C27H30FN5O4. The molecule has 2 atom stereocenters. The van der Waals surface area contributed by atoms with Crippen molar-refractivity contribution in [1.82, 2.24) is 15.2 Å². The van der Waals surface area contributed by atoms with Gasteiger partial charge in [0.1, 0.15) is 0 Å². The lowest BCUT2D eigenvalue weighted by Crippen LogP contribution is -2.52. The van der Waals surface area contributed by atoms with Gasteiger partial charge in [-0.2, -0.15) is 0 Å². The fourth-order valence-corrected chi connectivity index (χ4v) is 5.40. The smallest absolute Gasteiger partial charge is 0.339 e. The summed E-state index contributed by atoms with van der Waals surface area (Å²) in [7, 11) is 2.79. The number of fused-ring (bicyclic) bond motifs is 3. The normalized spacial score (nSPS) is 20.0. The molecule has 9 nitrogen and oxygen atoms in total. The van der Waals surface area contributed by atoms with E-state index in [4.69, 9.17) is 14.2 Å². The standard InChI is InChI=1S/C27H30FN5O4/c1-5-27-11-17(14-37-23-9-16(2)19(12-29-23)26(34)36-4)13-33(27)22-10-21(31-32-25(22)30-15-27)18-7-6-8-20(28)24(18)35-3/h6-10,12,17H,5,11,13-15H2,1-4H3,(H,30,32)/t17?,27-/m1/s1. The van der Waals surface area contributed by atoms with Crippen LogP contribution in [-0.2, 0) is 4.74 Å². The maximum absolute atomic E-state index is 14.3. The number of hydrogen-bond acceptors (Lipinski definition) is 9. The molecule has 0 spiro atoms. The number of esters is 1. The quantitative estimate of drug-likeness (QED) is 0.470. The molecule has 194 valence electrons. The topological polar surface area (TPSA) is 98.7 Å². The van der Waals surface area contributed by atoms with Crippen LogP contribution in [0.15, 0.2) is 36.5 Å². The highest BCUT2D eigenvalue weighted by Crippen LogP contribution is 2.46. The van der Waals surface area contributed by atoms with Crippen molar-refractivity contribution in [2.45, 2.75) is 32.2 Å². The fourth-order valence-electron chi connectivity index (χ4n) is 5.40. The van der Waals surface area contributed by atoms with Gasteiger partial charge in [-0.25, -0.2) is 14.2 Å². The monoisotopic (exact) mass is 507 g/mol. The molecule has 1 aromatic carbocycles. The van der Waals surface area contributed by atoms with Gasteiger partial charge in [-0.3, -0.25) is 0 Å². The van der Waals surface area contributed by atoms with Crippen molar-refractivity contribution in [1.29, 1.82) is 0 Å². The van der Waals surface area contributed by atoms with Crippen molar-refractivity contribution < 1.29 is 23.4 Å². The lowest BCUT2D eigenvalue weighted by molar-refractivity contribution is 0.0599. The van der Waals surface area contributed by atoms with Crippen LogP contribution in [0.4, 0.5) is 15.9 Å². The third kappa shape index (κ3) is 4.41. The Morgan fingerprint density at radius 1 is 1.27 bits per heavy atom. The minimum absolute atomic E-state index is 0.106. The molecule has 2 aliphatic rings. The molecule has 37 heavy (non-hydrogen) atoms. The number of anilines is 2. The Labute approximate surface area is 215 Å². The van der Waals surface area contributed by atoms with Crippen LogP contribution in [0.2, 0.25) is 0 Å². The highest BCUT2D eigenvalue weighted by molar-refractivity contribution is 5.90. The van der Waals surface area contributed by atoms with Gasteiger partial charge < -0.3 is 24.4 Å². The van der Waals surface area contributed by atoms with Crippen molar-refractivity contribution >= 4 is 17.5 Å². The Balaban J connectivity index is 1.38. The molecular weight excluding hydrogens is 477 g/mol. The number of carbonyl (C=O) groups excluding carboxylic acids is 1. The SMILES string of the molecule is CC[C@@]12CNc3nnc(-c4cccc(F)c4OC)cc3N1CC(COc1cc(C)c(C(=O)OC)cn1)C2. The number of benzene rings is 1. The van der Waals surface area contributed by atoms with Crippen molar-refractivity contribution in [3.05, 3.63) is 53.5 Å². The first-order chi connectivity index (χ1) is 17.9. The lowest BCUT2D eigenvalue weighted by Gasteiger charge is -2.44. The Kier molecular flexibility index (Phi) is 6.57. The second-order valence-corrected chi connectivity index (χ2v) is 9.54. The van der Waals surface area contributed by atoms with E-state index < -0.39 is 11.8 Å². The number of hydrogen-bond donors (Lipinski definition) is 1. The van der Waals surface area contributed by atoms with E-state index in [1.807, 2.05) is 13.0 Å². The summed E-state index contributed by atoms with van der Waals surface area (Å²) >= 11 is 0. The van der Waals surface area contributed by atoms with E-state index in [1.165, 1.54) is 26.5 Å². The Morgan fingerprint density at radius 3 is 2.84 bits per heavy atom. The second kappa shape index (κ2) is 9.84. The van der Waals surface area contributed by atoms with Crippen molar-refractivity contribution in [3.63, 3.8) is 0 Å². The fraction of sp³-hybridized carbons (Fsp3) is 0.407. The van der Waals surface area contributed by atoms with Crippen LogP contribution >= 0.6 is 0 Å². The molecule has 4 heterocycles. The molecule has 1 saturated heterocycles. The maximum atomic E-state index is 14.3. The molecule has 1 N–H and O–H groups in total. The first-order valence-electron chi connectivity index (χ1n) is 12.3. The van der Waals surface area contributed by atoms with E-state index in [2.05, 4.69) is 32.3 Å². The summed E-state index contributed by atoms with van der Waals surface area (Å²) in [5.74, 6) is 0.721. The summed E-state index contributed by atoms with van der Waals surface area (Å²) in [4.78, 5) is 18.5. The Hall–Kier alpha value is -3.95. The number of rotatable bonds is 7. The highest BCUT2D eigenvalue weighted by atomic mass is 19.1. The van der Waals surface area contributed by atoms with Gasteiger partial charge in [0.25, 0.3) is 0 Å². The van der Waals surface area contributed by atoms with E-state index in [-0.39, 0.29) is 17.2 Å². The van der Waals surface area contributed by atoms with Gasteiger partial charge in [0, 0.05) is 36.8 Å². The predicted octanol–water partition coefficient (Wildman–Crippen LogP) is 4.26. The van der Waals surface area contributed by atoms with Gasteiger partial charge in [-0.05, 0) is 43.5 Å². The molecule has 1 fully saturated rings. The number of halogens is 1. The van der Waals surface area contributed by atoms with Crippen molar-refractivity contribution in [3.8, 4) is 22.9 Å². The van der Waals surface area contributed by atoms with Crippen LogP contribution in [-0.4, -0.2) is 60.6 Å². The number of nitrogens with zero attached hydrogens (tertiary/aromatic N) is 4. The highest BCUT2D eigenvalue weighted by Gasteiger charge is 2.48. The molecule has 0 bridgehead atoms. The van der Waals surface area contributed by atoms with Gasteiger partial charge in [0.05, 0.1) is 43.3 Å². The average molecular weight is 508 g/mol. The summed E-state index contributed by atoms with van der Waals surface area (Å²) in [6.45, 7) is 6.02. The number of aromatic nitrogens is 3. The molecule has 0 radical (unpaired) electrons. The van der Waals surface area contributed by atoms with E-state index in [1.54, 1.807) is 18.2 Å². The molecule has 2 aliphatic heterocycles. The second-order valence-electron chi connectivity index (χ2n) is 9.54. The summed E-state index contributed by atoms with van der Waals surface area (Å²) in [5, 5.41) is 12.2. The van der Waals surface area contributed by atoms with E-state index in [0.29, 0.717) is 35.1 Å². The van der Waals surface area contributed by atoms with E-state index in [9.17, 15) is 9.18 Å². The zero-order valence-corrected chi connectivity index (χ0v) is 21.4. The van der Waals surface area contributed by atoms with Crippen LogP contribution in [0.3, 0.4) is 0 Å².